The van der Waals surface area contributed by atoms with Gasteiger partial charge in [-0.25, -0.2) is 13.9 Å². The van der Waals surface area contributed by atoms with E-state index < -0.39 is 25.7 Å². The number of hydrogen-bond donors (Lipinski definition) is 0. The average Bonchev–Trinajstić information content (AvgIpc) is 1.98. The molecule has 0 aromatic heterocycles. The van der Waals surface area contributed by atoms with Gasteiger partial charge in [-0.3, -0.25) is 0 Å². The van der Waals surface area contributed by atoms with Crippen LogP contribution in [0.3, 0.4) is 0 Å². The predicted octanol–water partition coefficient (Wildman–Crippen LogP) is 2.07. The SMILES string of the molecule is [O]CCCCOC(F)(F)C(F)F. The van der Waals surface area contributed by atoms with Crippen molar-refractivity contribution in [3.63, 3.8) is 0 Å². The lowest BCUT2D eigenvalue weighted by Crippen LogP contribution is -2.30. The zero-order chi connectivity index (χ0) is 9.61. The average molecular weight is 189 g/mol. The highest BCUT2D eigenvalue weighted by molar-refractivity contribution is 4.54. The Bertz CT molecular complexity index is 118. The molecular formula is C6H9F4O2. The summed E-state index contributed by atoms with van der Waals surface area (Å²) in [5.41, 5.74) is 0. The maximum absolute atomic E-state index is 11.9. The van der Waals surface area contributed by atoms with Gasteiger partial charge in [-0.15, -0.1) is 0 Å². The van der Waals surface area contributed by atoms with Crippen molar-refractivity contribution in [1.29, 1.82) is 0 Å². The molecule has 6 heteroatoms. The van der Waals surface area contributed by atoms with Crippen molar-refractivity contribution in [2.45, 2.75) is 25.4 Å². The van der Waals surface area contributed by atoms with E-state index in [1.165, 1.54) is 0 Å². The van der Waals surface area contributed by atoms with Crippen LogP contribution in [0.2, 0.25) is 0 Å². The van der Waals surface area contributed by atoms with Crippen LogP contribution >= 0.6 is 0 Å². The summed E-state index contributed by atoms with van der Waals surface area (Å²) in [6.45, 7) is -0.927. The Balaban J connectivity index is 3.47. The molecule has 2 nitrogen and oxygen atoms in total. The Hall–Kier alpha value is -0.360. The predicted molar refractivity (Wildman–Crippen MR) is 31.7 cm³/mol. The Morgan fingerprint density at radius 3 is 2.25 bits per heavy atom. The number of hydrogen-bond acceptors (Lipinski definition) is 1. The molecule has 73 valence electrons. The lowest BCUT2D eigenvalue weighted by Gasteiger charge is -2.14. The van der Waals surface area contributed by atoms with Gasteiger partial charge in [0.1, 0.15) is 0 Å². The van der Waals surface area contributed by atoms with Crippen LogP contribution in [0.25, 0.3) is 0 Å². The molecule has 0 unspecified atom stereocenters. The van der Waals surface area contributed by atoms with E-state index >= 15 is 0 Å². The summed E-state index contributed by atoms with van der Waals surface area (Å²) in [6.07, 6.45) is -7.97. The minimum atomic E-state index is -4.39. The highest BCUT2D eigenvalue weighted by atomic mass is 19.3. The Morgan fingerprint density at radius 1 is 1.25 bits per heavy atom. The van der Waals surface area contributed by atoms with Crippen molar-refractivity contribution in [2.75, 3.05) is 13.2 Å². The van der Waals surface area contributed by atoms with Gasteiger partial charge in [0.25, 0.3) is 0 Å². The number of ether oxygens (including phenoxy) is 1. The molecule has 0 heterocycles. The van der Waals surface area contributed by atoms with E-state index in [0.29, 0.717) is 0 Å². The molecule has 0 N–H and O–H groups in total. The van der Waals surface area contributed by atoms with Crippen LogP contribution in [0.4, 0.5) is 17.6 Å². The van der Waals surface area contributed by atoms with Gasteiger partial charge in [0.05, 0.1) is 13.2 Å². The fourth-order valence-electron chi connectivity index (χ4n) is 0.475. The van der Waals surface area contributed by atoms with E-state index in [1.807, 2.05) is 0 Å². The zero-order valence-corrected chi connectivity index (χ0v) is 6.23. The van der Waals surface area contributed by atoms with Crippen LogP contribution in [0.5, 0.6) is 0 Å². The largest absolute Gasteiger partial charge is 0.416 e. The standard InChI is InChI=1S/C6H9F4O2/c7-5(8)6(9,10)12-4-2-1-3-11/h5H,1-4H2. The van der Waals surface area contributed by atoms with Gasteiger partial charge in [-0.05, 0) is 12.8 Å². The van der Waals surface area contributed by atoms with Gasteiger partial charge in [0, 0.05) is 0 Å². The van der Waals surface area contributed by atoms with Crippen molar-refractivity contribution >= 4 is 0 Å². The summed E-state index contributed by atoms with van der Waals surface area (Å²) in [5, 5.41) is 9.80. The topological polar surface area (TPSA) is 29.1 Å². The fraction of sp³-hybridized carbons (Fsp3) is 1.00. The Labute approximate surface area is 67.1 Å². The molecule has 0 aliphatic heterocycles. The molecule has 0 aromatic carbocycles. The van der Waals surface area contributed by atoms with Gasteiger partial charge < -0.3 is 4.74 Å². The van der Waals surface area contributed by atoms with E-state index in [0.717, 1.165) is 0 Å². The van der Waals surface area contributed by atoms with Crippen LogP contribution in [-0.4, -0.2) is 25.7 Å². The summed E-state index contributed by atoms with van der Waals surface area (Å²) in [5.74, 6) is 0. The van der Waals surface area contributed by atoms with Crippen LogP contribution in [0.1, 0.15) is 12.8 Å². The summed E-state index contributed by atoms with van der Waals surface area (Å²) in [4.78, 5) is 0. The molecular weight excluding hydrogens is 180 g/mol. The quantitative estimate of drug-likeness (QED) is 0.464. The molecule has 0 saturated carbocycles. The van der Waals surface area contributed by atoms with Gasteiger partial charge in [0.15, 0.2) is 0 Å². The first-order valence-corrected chi connectivity index (χ1v) is 3.38. The van der Waals surface area contributed by atoms with Crippen molar-refractivity contribution in [3.05, 3.63) is 0 Å². The zero-order valence-electron chi connectivity index (χ0n) is 6.23. The number of rotatable bonds is 6. The lowest BCUT2D eigenvalue weighted by atomic mass is 10.3. The summed E-state index contributed by atoms with van der Waals surface area (Å²) in [6, 6.07) is 0. The van der Waals surface area contributed by atoms with Crippen LogP contribution < -0.4 is 0 Å². The van der Waals surface area contributed by atoms with Crippen LogP contribution in [0.15, 0.2) is 0 Å². The molecule has 0 rings (SSSR count). The molecule has 0 spiro atoms. The van der Waals surface area contributed by atoms with E-state index in [9.17, 15) is 22.7 Å². The smallest absolute Gasteiger partial charge is 0.316 e. The highest BCUT2D eigenvalue weighted by Crippen LogP contribution is 2.24. The molecule has 0 aromatic rings. The van der Waals surface area contributed by atoms with Crippen LogP contribution in [0, 0.1) is 0 Å². The van der Waals surface area contributed by atoms with Gasteiger partial charge in [-0.1, -0.05) is 0 Å². The summed E-state index contributed by atoms with van der Waals surface area (Å²) >= 11 is 0. The van der Waals surface area contributed by atoms with E-state index in [4.69, 9.17) is 0 Å². The number of unbranched alkanes of at least 4 members (excludes halogenated alkanes) is 1. The lowest BCUT2D eigenvalue weighted by molar-refractivity contribution is -0.300. The van der Waals surface area contributed by atoms with Crippen molar-refractivity contribution in [1.82, 2.24) is 0 Å². The third-order valence-electron chi connectivity index (χ3n) is 1.09. The maximum atomic E-state index is 11.9. The molecule has 0 aliphatic carbocycles. The third-order valence-corrected chi connectivity index (χ3v) is 1.09. The first-order valence-electron chi connectivity index (χ1n) is 3.38. The second-order valence-electron chi connectivity index (χ2n) is 2.12. The Kier molecular flexibility index (Phi) is 5.16. The monoisotopic (exact) mass is 189 g/mol. The molecule has 0 aliphatic rings. The summed E-state index contributed by atoms with van der Waals surface area (Å²) in [7, 11) is 0. The second kappa shape index (κ2) is 5.31. The third kappa shape index (κ3) is 4.50. The van der Waals surface area contributed by atoms with Crippen molar-refractivity contribution in [2.24, 2.45) is 0 Å². The summed E-state index contributed by atoms with van der Waals surface area (Å²) < 4.78 is 50.2. The van der Waals surface area contributed by atoms with Gasteiger partial charge in [0.2, 0.25) is 0 Å². The van der Waals surface area contributed by atoms with Crippen molar-refractivity contribution < 1.29 is 27.4 Å². The molecule has 12 heavy (non-hydrogen) atoms. The maximum Gasteiger partial charge on any atom is 0.416 e. The minimum absolute atomic E-state index is 0.0752. The molecule has 0 fully saturated rings. The normalized spacial score (nSPS) is 12.5. The fourth-order valence-corrected chi connectivity index (χ4v) is 0.475. The molecule has 0 amide bonds. The minimum Gasteiger partial charge on any atom is -0.316 e. The first-order chi connectivity index (χ1) is 5.50. The highest BCUT2D eigenvalue weighted by Gasteiger charge is 2.41. The molecule has 0 saturated heterocycles. The number of halogens is 4. The number of alkyl halides is 4. The van der Waals surface area contributed by atoms with Crippen molar-refractivity contribution in [3.8, 4) is 0 Å². The van der Waals surface area contributed by atoms with Gasteiger partial charge in [-0.2, -0.15) is 8.78 Å². The van der Waals surface area contributed by atoms with E-state index in [-0.39, 0.29) is 12.8 Å². The van der Waals surface area contributed by atoms with Gasteiger partial charge >= 0.3 is 12.5 Å². The van der Waals surface area contributed by atoms with E-state index in [2.05, 4.69) is 4.74 Å². The second-order valence-corrected chi connectivity index (χ2v) is 2.12. The first kappa shape index (κ1) is 11.6. The molecule has 0 bridgehead atoms. The van der Waals surface area contributed by atoms with Crippen LogP contribution in [-0.2, 0) is 9.84 Å². The molecule has 0 atom stereocenters. The Morgan fingerprint density at radius 2 is 1.83 bits per heavy atom. The molecule has 1 radical (unpaired) electrons. The van der Waals surface area contributed by atoms with E-state index in [1.54, 1.807) is 0 Å².